The fourth-order valence-corrected chi connectivity index (χ4v) is 3.38. The molecule has 0 aliphatic heterocycles. The molecule has 3 aromatic heterocycles. The van der Waals surface area contributed by atoms with Gasteiger partial charge in [-0.1, -0.05) is 32.9 Å². The molecule has 0 spiro atoms. The summed E-state index contributed by atoms with van der Waals surface area (Å²) in [5.74, 6) is -0.399. The molecule has 0 aliphatic carbocycles. The van der Waals surface area contributed by atoms with E-state index < -0.39 is 11.8 Å². The summed E-state index contributed by atoms with van der Waals surface area (Å²) in [4.78, 5) is 27.8. The number of aliphatic carboxylic acids is 1. The number of H-pyrrole nitrogens is 1. The van der Waals surface area contributed by atoms with Gasteiger partial charge in [0, 0.05) is 28.6 Å². The number of rotatable bonds is 5. The van der Waals surface area contributed by atoms with E-state index in [9.17, 15) is 14.3 Å². The van der Waals surface area contributed by atoms with Crippen molar-refractivity contribution in [2.45, 2.75) is 33.2 Å². The van der Waals surface area contributed by atoms with Gasteiger partial charge in [0.1, 0.15) is 17.3 Å². The molecule has 0 radical (unpaired) electrons. The van der Waals surface area contributed by atoms with Gasteiger partial charge in [-0.3, -0.25) is 4.79 Å². The quantitative estimate of drug-likeness (QED) is 0.446. The fraction of sp³-hybridized carbons (Fsp3) is 0.273. The van der Waals surface area contributed by atoms with Crippen LogP contribution in [0.15, 0.2) is 42.7 Å². The van der Waals surface area contributed by atoms with E-state index in [2.05, 4.69) is 20.3 Å². The molecule has 1 aromatic carbocycles. The van der Waals surface area contributed by atoms with Crippen molar-refractivity contribution < 1.29 is 14.3 Å². The molecule has 4 rings (SSSR count). The SMILES string of the molecule is CC(C)(C)C(CC(=O)O)Nc1nc(-c2c[nH]c3ncc(F)cc23)nc2ccccc12. The zero-order valence-electron chi connectivity index (χ0n) is 16.9. The number of nitrogens with zero attached hydrogens (tertiary/aromatic N) is 3. The summed E-state index contributed by atoms with van der Waals surface area (Å²) in [5.41, 5.74) is 1.54. The normalized spacial score (nSPS) is 12.9. The van der Waals surface area contributed by atoms with Gasteiger partial charge in [-0.25, -0.2) is 19.3 Å². The number of para-hydroxylation sites is 1. The predicted octanol–water partition coefficient (Wildman–Crippen LogP) is 4.61. The molecule has 30 heavy (non-hydrogen) atoms. The van der Waals surface area contributed by atoms with Gasteiger partial charge >= 0.3 is 5.97 Å². The molecular weight excluding hydrogens is 385 g/mol. The van der Waals surface area contributed by atoms with E-state index >= 15 is 0 Å². The van der Waals surface area contributed by atoms with Crippen LogP contribution in [0.2, 0.25) is 0 Å². The Bertz CT molecular complexity index is 1250. The van der Waals surface area contributed by atoms with Gasteiger partial charge in [-0.05, 0) is 23.6 Å². The second-order valence-electron chi connectivity index (χ2n) is 8.33. The third-order valence-corrected chi connectivity index (χ3v) is 5.08. The highest BCUT2D eigenvalue weighted by molar-refractivity contribution is 5.95. The Morgan fingerprint density at radius 2 is 2.00 bits per heavy atom. The lowest BCUT2D eigenvalue weighted by Gasteiger charge is -2.31. The molecular formula is C22H22FN5O2. The van der Waals surface area contributed by atoms with Crippen LogP contribution < -0.4 is 5.32 Å². The Morgan fingerprint density at radius 3 is 2.73 bits per heavy atom. The number of carboxylic acids is 1. The van der Waals surface area contributed by atoms with Gasteiger partial charge in [0.05, 0.1) is 18.1 Å². The van der Waals surface area contributed by atoms with E-state index in [0.717, 1.165) is 11.6 Å². The standard InChI is InChI=1S/C22H22FN5O2/c1-22(2,3)17(9-18(29)30)27-20-13-6-4-5-7-16(13)26-21(28-20)15-11-25-19-14(15)8-12(23)10-24-19/h4-8,10-11,17H,9H2,1-3H3,(H,24,25)(H,29,30)(H,26,27,28). The van der Waals surface area contributed by atoms with Crippen LogP contribution in [-0.2, 0) is 4.79 Å². The Kier molecular flexibility index (Phi) is 4.85. The number of aromatic amines is 1. The van der Waals surface area contributed by atoms with E-state index in [0.29, 0.717) is 33.8 Å². The zero-order valence-corrected chi connectivity index (χ0v) is 16.9. The summed E-state index contributed by atoms with van der Waals surface area (Å²) in [7, 11) is 0. The molecule has 1 unspecified atom stereocenters. The summed E-state index contributed by atoms with van der Waals surface area (Å²) >= 11 is 0. The third kappa shape index (κ3) is 3.80. The maximum Gasteiger partial charge on any atom is 0.305 e. The number of aromatic nitrogens is 4. The van der Waals surface area contributed by atoms with Crippen LogP contribution in [0.1, 0.15) is 27.2 Å². The molecule has 0 aliphatic rings. The summed E-state index contributed by atoms with van der Waals surface area (Å²) < 4.78 is 13.8. The van der Waals surface area contributed by atoms with E-state index in [1.54, 1.807) is 6.20 Å². The van der Waals surface area contributed by atoms with E-state index in [4.69, 9.17) is 4.98 Å². The molecule has 0 bridgehead atoms. The molecule has 3 N–H and O–H groups in total. The number of hydrogen-bond donors (Lipinski definition) is 3. The number of nitrogens with one attached hydrogen (secondary N) is 2. The van der Waals surface area contributed by atoms with Gasteiger partial charge < -0.3 is 15.4 Å². The largest absolute Gasteiger partial charge is 0.481 e. The Labute approximate surface area is 172 Å². The molecule has 4 aromatic rings. The number of hydrogen-bond acceptors (Lipinski definition) is 5. The number of anilines is 1. The van der Waals surface area contributed by atoms with Gasteiger partial charge in [-0.15, -0.1) is 0 Å². The smallest absolute Gasteiger partial charge is 0.305 e. The van der Waals surface area contributed by atoms with Crippen molar-refractivity contribution in [3.05, 3.63) is 48.5 Å². The van der Waals surface area contributed by atoms with Gasteiger partial charge in [0.15, 0.2) is 5.82 Å². The van der Waals surface area contributed by atoms with Gasteiger partial charge in [0.25, 0.3) is 0 Å². The molecule has 8 heteroatoms. The fourth-order valence-electron chi connectivity index (χ4n) is 3.38. The lowest BCUT2D eigenvalue weighted by Crippen LogP contribution is -2.36. The van der Waals surface area contributed by atoms with Crippen LogP contribution in [-0.4, -0.2) is 37.1 Å². The summed E-state index contributed by atoms with van der Waals surface area (Å²) in [6.07, 6.45) is 2.79. The molecule has 0 fully saturated rings. The molecule has 7 nitrogen and oxygen atoms in total. The van der Waals surface area contributed by atoms with E-state index in [-0.39, 0.29) is 17.9 Å². The predicted molar refractivity (Wildman–Crippen MR) is 114 cm³/mol. The van der Waals surface area contributed by atoms with Crippen LogP contribution in [0.25, 0.3) is 33.3 Å². The Morgan fingerprint density at radius 1 is 1.23 bits per heavy atom. The minimum atomic E-state index is -0.890. The van der Waals surface area contributed by atoms with Crippen molar-refractivity contribution in [3.63, 3.8) is 0 Å². The maximum absolute atomic E-state index is 13.8. The first-order chi connectivity index (χ1) is 14.2. The molecule has 3 heterocycles. The Balaban J connectivity index is 1.87. The van der Waals surface area contributed by atoms with Crippen molar-refractivity contribution in [1.82, 2.24) is 19.9 Å². The first-order valence-electron chi connectivity index (χ1n) is 9.60. The van der Waals surface area contributed by atoms with Crippen LogP contribution in [0.4, 0.5) is 10.2 Å². The van der Waals surface area contributed by atoms with Crippen molar-refractivity contribution in [2.75, 3.05) is 5.32 Å². The first kappa shape index (κ1) is 19.8. The van der Waals surface area contributed by atoms with Crippen LogP contribution in [0.3, 0.4) is 0 Å². The topological polar surface area (TPSA) is 104 Å². The average Bonchev–Trinajstić information content (AvgIpc) is 3.09. The van der Waals surface area contributed by atoms with Crippen LogP contribution in [0, 0.1) is 11.2 Å². The zero-order chi connectivity index (χ0) is 21.5. The molecule has 0 amide bonds. The summed E-state index contributed by atoms with van der Waals surface area (Å²) in [6.45, 7) is 5.93. The maximum atomic E-state index is 13.8. The Hall–Kier alpha value is -3.55. The van der Waals surface area contributed by atoms with Crippen LogP contribution in [0.5, 0.6) is 0 Å². The highest BCUT2D eigenvalue weighted by Gasteiger charge is 2.28. The second kappa shape index (κ2) is 7.37. The number of carbonyl (C=O) groups is 1. The lowest BCUT2D eigenvalue weighted by atomic mass is 9.84. The average molecular weight is 407 g/mol. The molecule has 0 saturated carbocycles. The highest BCUT2D eigenvalue weighted by Crippen LogP contribution is 2.32. The number of carboxylic acid groups (broad SMARTS) is 1. The molecule has 154 valence electrons. The van der Waals surface area contributed by atoms with Crippen molar-refractivity contribution in [3.8, 4) is 11.4 Å². The lowest BCUT2D eigenvalue weighted by molar-refractivity contribution is -0.137. The number of benzene rings is 1. The summed E-state index contributed by atoms with van der Waals surface area (Å²) in [5, 5.41) is 14.1. The molecule has 0 saturated heterocycles. The van der Waals surface area contributed by atoms with Crippen LogP contribution >= 0.6 is 0 Å². The minimum Gasteiger partial charge on any atom is -0.481 e. The van der Waals surface area contributed by atoms with Crippen molar-refractivity contribution >= 4 is 33.7 Å². The van der Waals surface area contributed by atoms with Crippen molar-refractivity contribution in [1.29, 1.82) is 0 Å². The number of pyridine rings is 1. The number of fused-ring (bicyclic) bond motifs is 2. The number of halogens is 1. The third-order valence-electron chi connectivity index (χ3n) is 5.08. The van der Waals surface area contributed by atoms with Gasteiger partial charge in [-0.2, -0.15) is 0 Å². The van der Waals surface area contributed by atoms with Gasteiger partial charge in [0.2, 0.25) is 0 Å². The van der Waals surface area contributed by atoms with E-state index in [1.165, 1.54) is 6.07 Å². The monoisotopic (exact) mass is 407 g/mol. The second-order valence-corrected chi connectivity index (χ2v) is 8.33. The molecule has 1 atom stereocenters. The van der Waals surface area contributed by atoms with Crippen molar-refractivity contribution in [2.24, 2.45) is 5.41 Å². The first-order valence-corrected chi connectivity index (χ1v) is 9.60. The van der Waals surface area contributed by atoms with E-state index in [1.807, 2.05) is 45.0 Å². The summed E-state index contributed by atoms with van der Waals surface area (Å²) in [6, 6.07) is 8.54. The highest BCUT2D eigenvalue weighted by atomic mass is 19.1. The minimum absolute atomic E-state index is 0.0562.